The van der Waals surface area contributed by atoms with Crippen LogP contribution in [-0.4, -0.2) is 49.2 Å². The highest BCUT2D eigenvalue weighted by Gasteiger charge is 2.43. The molecule has 1 N–H and O–H groups in total. The van der Waals surface area contributed by atoms with Crippen LogP contribution in [0.15, 0.2) is 0 Å². The van der Waals surface area contributed by atoms with Crippen LogP contribution in [0.4, 0.5) is 0 Å². The summed E-state index contributed by atoms with van der Waals surface area (Å²) in [5.74, 6) is 0.565. The second-order valence-corrected chi connectivity index (χ2v) is 5.69. The van der Waals surface area contributed by atoms with E-state index in [0.29, 0.717) is 5.91 Å². The summed E-state index contributed by atoms with van der Waals surface area (Å²) in [4.78, 5) is 14.3. The van der Waals surface area contributed by atoms with Crippen molar-refractivity contribution in [2.75, 3.05) is 32.8 Å². The van der Waals surface area contributed by atoms with Gasteiger partial charge in [0.15, 0.2) is 0 Å². The zero-order valence-corrected chi connectivity index (χ0v) is 10.4. The Bertz CT molecular complexity index is 294. The standard InChI is InChI=1S/C13H22N2O2/c16-12(11-3-6-14-9-11)15-7-5-13(10-15)4-1-2-8-17-13/h11,14H,1-10H2. The maximum Gasteiger partial charge on any atom is 0.227 e. The lowest BCUT2D eigenvalue weighted by molar-refractivity contribution is -0.136. The average molecular weight is 238 g/mol. The van der Waals surface area contributed by atoms with Gasteiger partial charge in [0.1, 0.15) is 0 Å². The minimum absolute atomic E-state index is 0.0138. The number of likely N-dealkylation sites (tertiary alicyclic amines) is 1. The molecule has 1 amide bonds. The van der Waals surface area contributed by atoms with Crippen LogP contribution in [0.2, 0.25) is 0 Å². The van der Waals surface area contributed by atoms with E-state index in [1.165, 1.54) is 12.8 Å². The molecule has 0 aromatic rings. The first kappa shape index (κ1) is 11.5. The van der Waals surface area contributed by atoms with Gasteiger partial charge in [0.05, 0.1) is 11.5 Å². The molecular formula is C13H22N2O2. The van der Waals surface area contributed by atoms with Gasteiger partial charge in [0.25, 0.3) is 0 Å². The Hall–Kier alpha value is -0.610. The molecule has 2 atom stereocenters. The summed E-state index contributed by atoms with van der Waals surface area (Å²) < 4.78 is 5.96. The van der Waals surface area contributed by atoms with E-state index in [1.807, 2.05) is 4.90 Å². The van der Waals surface area contributed by atoms with Crippen molar-refractivity contribution >= 4 is 5.91 Å². The van der Waals surface area contributed by atoms with Gasteiger partial charge in [-0.1, -0.05) is 0 Å². The van der Waals surface area contributed by atoms with E-state index in [9.17, 15) is 4.79 Å². The van der Waals surface area contributed by atoms with Crippen molar-refractivity contribution in [3.63, 3.8) is 0 Å². The van der Waals surface area contributed by atoms with Crippen molar-refractivity contribution in [1.29, 1.82) is 0 Å². The quantitative estimate of drug-likeness (QED) is 0.733. The van der Waals surface area contributed by atoms with Crippen LogP contribution in [-0.2, 0) is 9.53 Å². The lowest BCUT2D eigenvalue weighted by Gasteiger charge is -2.33. The summed E-state index contributed by atoms with van der Waals surface area (Å²) in [6, 6.07) is 0. The summed E-state index contributed by atoms with van der Waals surface area (Å²) >= 11 is 0. The minimum atomic E-state index is 0.0138. The zero-order chi connectivity index (χ0) is 11.7. The predicted octanol–water partition coefficient (Wildman–Crippen LogP) is 0.767. The number of hydrogen-bond donors (Lipinski definition) is 1. The van der Waals surface area contributed by atoms with E-state index in [-0.39, 0.29) is 11.5 Å². The maximum absolute atomic E-state index is 12.3. The van der Waals surface area contributed by atoms with E-state index in [2.05, 4.69) is 5.32 Å². The van der Waals surface area contributed by atoms with Crippen molar-refractivity contribution in [3.8, 4) is 0 Å². The van der Waals surface area contributed by atoms with Gasteiger partial charge >= 0.3 is 0 Å². The molecule has 3 aliphatic heterocycles. The molecule has 2 unspecified atom stereocenters. The predicted molar refractivity (Wildman–Crippen MR) is 64.7 cm³/mol. The fourth-order valence-electron chi connectivity index (χ4n) is 3.39. The Morgan fingerprint density at radius 2 is 2.29 bits per heavy atom. The molecular weight excluding hydrogens is 216 g/mol. The SMILES string of the molecule is O=C(C1CCNC1)N1CCC2(CCCCO2)C1. The molecule has 0 aliphatic carbocycles. The molecule has 1 spiro atoms. The van der Waals surface area contributed by atoms with Crippen LogP contribution in [0.3, 0.4) is 0 Å². The van der Waals surface area contributed by atoms with Crippen molar-refractivity contribution in [2.24, 2.45) is 5.92 Å². The van der Waals surface area contributed by atoms with Gasteiger partial charge in [-0.25, -0.2) is 0 Å². The van der Waals surface area contributed by atoms with E-state index >= 15 is 0 Å². The Labute approximate surface area is 103 Å². The molecule has 0 aromatic heterocycles. The molecule has 3 rings (SSSR count). The van der Waals surface area contributed by atoms with E-state index in [0.717, 1.165) is 52.0 Å². The first-order chi connectivity index (χ1) is 8.29. The van der Waals surface area contributed by atoms with Gasteiger partial charge in [0.2, 0.25) is 5.91 Å². The fraction of sp³-hybridized carbons (Fsp3) is 0.923. The monoisotopic (exact) mass is 238 g/mol. The highest BCUT2D eigenvalue weighted by Crippen LogP contribution is 2.34. The zero-order valence-electron chi connectivity index (χ0n) is 10.4. The maximum atomic E-state index is 12.3. The number of amides is 1. The Kier molecular flexibility index (Phi) is 3.09. The molecule has 4 heteroatoms. The second kappa shape index (κ2) is 4.58. The van der Waals surface area contributed by atoms with Gasteiger partial charge in [-0.15, -0.1) is 0 Å². The molecule has 17 heavy (non-hydrogen) atoms. The molecule has 3 aliphatic rings. The third kappa shape index (κ3) is 2.20. The number of rotatable bonds is 1. The molecule has 96 valence electrons. The third-order valence-electron chi connectivity index (χ3n) is 4.47. The van der Waals surface area contributed by atoms with Crippen molar-refractivity contribution < 1.29 is 9.53 Å². The van der Waals surface area contributed by atoms with Crippen LogP contribution in [0, 0.1) is 5.92 Å². The summed E-state index contributed by atoms with van der Waals surface area (Å²) in [6.07, 6.45) is 5.62. The Morgan fingerprint density at radius 1 is 1.35 bits per heavy atom. The molecule has 0 bridgehead atoms. The van der Waals surface area contributed by atoms with Crippen LogP contribution < -0.4 is 5.32 Å². The highest BCUT2D eigenvalue weighted by atomic mass is 16.5. The Balaban J connectivity index is 1.60. The number of carbonyl (C=O) groups is 1. The summed E-state index contributed by atoms with van der Waals surface area (Å²) in [5, 5.41) is 3.27. The van der Waals surface area contributed by atoms with Crippen molar-refractivity contribution in [2.45, 2.75) is 37.7 Å². The first-order valence-electron chi connectivity index (χ1n) is 6.93. The minimum Gasteiger partial charge on any atom is -0.373 e. The number of ether oxygens (including phenoxy) is 1. The number of hydrogen-bond acceptors (Lipinski definition) is 3. The summed E-state index contributed by atoms with van der Waals surface area (Å²) in [6.45, 7) is 4.47. The van der Waals surface area contributed by atoms with Gasteiger partial charge < -0.3 is 15.0 Å². The molecule has 3 fully saturated rings. The average Bonchev–Trinajstić information content (AvgIpc) is 2.99. The molecule has 0 aromatic carbocycles. The van der Waals surface area contributed by atoms with Gasteiger partial charge in [0, 0.05) is 26.2 Å². The third-order valence-corrected chi connectivity index (χ3v) is 4.47. The summed E-state index contributed by atoms with van der Waals surface area (Å²) in [5.41, 5.74) is 0.0138. The van der Waals surface area contributed by atoms with E-state index in [1.54, 1.807) is 0 Å². The molecule has 3 heterocycles. The van der Waals surface area contributed by atoms with Gasteiger partial charge in [-0.3, -0.25) is 4.79 Å². The lowest BCUT2D eigenvalue weighted by Crippen LogP contribution is -2.42. The van der Waals surface area contributed by atoms with Crippen LogP contribution >= 0.6 is 0 Å². The van der Waals surface area contributed by atoms with Gasteiger partial charge in [-0.2, -0.15) is 0 Å². The molecule has 3 saturated heterocycles. The molecule has 4 nitrogen and oxygen atoms in total. The van der Waals surface area contributed by atoms with E-state index in [4.69, 9.17) is 4.74 Å². The topological polar surface area (TPSA) is 41.6 Å². The fourth-order valence-corrected chi connectivity index (χ4v) is 3.39. The van der Waals surface area contributed by atoms with Crippen molar-refractivity contribution in [3.05, 3.63) is 0 Å². The molecule has 0 saturated carbocycles. The van der Waals surface area contributed by atoms with Gasteiger partial charge in [-0.05, 0) is 38.6 Å². The van der Waals surface area contributed by atoms with Crippen LogP contribution in [0.1, 0.15) is 32.1 Å². The smallest absolute Gasteiger partial charge is 0.227 e. The highest BCUT2D eigenvalue weighted by molar-refractivity contribution is 5.79. The number of carbonyl (C=O) groups excluding carboxylic acids is 1. The second-order valence-electron chi connectivity index (χ2n) is 5.69. The largest absolute Gasteiger partial charge is 0.373 e. The lowest BCUT2D eigenvalue weighted by atomic mass is 9.93. The summed E-state index contributed by atoms with van der Waals surface area (Å²) in [7, 11) is 0. The number of nitrogens with one attached hydrogen (secondary N) is 1. The van der Waals surface area contributed by atoms with E-state index < -0.39 is 0 Å². The Morgan fingerprint density at radius 3 is 3.00 bits per heavy atom. The van der Waals surface area contributed by atoms with Crippen molar-refractivity contribution in [1.82, 2.24) is 10.2 Å². The van der Waals surface area contributed by atoms with Crippen LogP contribution in [0.5, 0.6) is 0 Å². The number of nitrogens with zero attached hydrogens (tertiary/aromatic N) is 1. The molecule has 0 radical (unpaired) electrons. The first-order valence-corrected chi connectivity index (χ1v) is 6.93. The normalized spacial score (nSPS) is 37.9. The van der Waals surface area contributed by atoms with Crippen LogP contribution in [0.25, 0.3) is 0 Å².